The number of hydrogen-bond donors (Lipinski definition) is 2. The van der Waals surface area contributed by atoms with Crippen LogP contribution in [0.5, 0.6) is 11.5 Å². The number of hydrogen-bond acceptors (Lipinski definition) is 4. The van der Waals surface area contributed by atoms with E-state index in [-0.39, 0.29) is 22.9 Å². The van der Waals surface area contributed by atoms with E-state index < -0.39 is 0 Å². The SMILES string of the molecule is CCCCCCCCCCCCCCCCCCOC(=O)CCCC(C)(c1ccc(O)cc1)c1ccc(O)cc1. The van der Waals surface area contributed by atoms with Crippen LogP contribution in [0.2, 0.25) is 0 Å². The monoisotopic (exact) mass is 552 g/mol. The van der Waals surface area contributed by atoms with Gasteiger partial charge in [-0.2, -0.15) is 0 Å². The molecule has 0 bridgehead atoms. The third kappa shape index (κ3) is 13.7. The van der Waals surface area contributed by atoms with Crippen molar-refractivity contribution in [1.82, 2.24) is 0 Å². The molecule has 224 valence electrons. The Labute approximate surface area is 244 Å². The molecule has 0 heterocycles. The second kappa shape index (κ2) is 20.4. The highest BCUT2D eigenvalue weighted by Crippen LogP contribution is 2.38. The Morgan fingerprint density at radius 1 is 0.600 bits per heavy atom. The van der Waals surface area contributed by atoms with E-state index >= 15 is 0 Å². The molecule has 0 radical (unpaired) electrons. The lowest BCUT2D eigenvalue weighted by Gasteiger charge is -2.31. The van der Waals surface area contributed by atoms with Gasteiger partial charge in [0.25, 0.3) is 0 Å². The number of rotatable bonds is 23. The molecule has 0 unspecified atom stereocenters. The molecule has 0 saturated carbocycles. The van der Waals surface area contributed by atoms with Gasteiger partial charge in [-0.1, -0.05) is 134 Å². The number of aromatic hydroxyl groups is 2. The molecule has 0 spiro atoms. The topological polar surface area (TPSA) is 66.8 Å². The van der Waals surface area contributed by atoms with Gasteiger partial charge in [-0.15, -0.1) is 0 Å². The van der Waals surface area contributed by atoms with Crippen molar-refractivity contribution in [3.05, 3.63) is 59.7 Å². The second-order valence-corrected chi connectivity index (χ2v) is 11.8. The molecule has 0 atom stereocenters. The van der Waals surface area contributed by atoms with Crippen molar-refractivity contribution in [2.24, 2.45) is 0 Å². The summed E-state index contributed by atoms with van der Waals surface area (Å²) in [5.74, 6) is 0.337. The Balaban J connectivity index is 1.51. The lowest BCUT2D eigenvalue weighted by atomic mass is 9.72. The van der Waals surface area contributed by atoms with Gasteiger partial charge in [0.2, 0.25) is 0 Å². The zero-order chi connectivity index (χ0) is 28.9. The van der Waals surface area contributed by atoms with Crippen molar-refractivity contribution in [1.29, 1.82) is 0 Å². The van der Waals surface area contributed by atoms with Gasteiger partial charge >= 0.3 is 5.97 Å². The minimum Gasteiger partial charge on any atom is -0.508 e. The molecule has 40 heavy (non-hydrogen) atoms. The Morgan fingerprint density at radius 2 is 0.975 bits per heavy atom. The van der Waals surface area contributed by atoms with E-state index in [0.717, 1.165) is 30.4 Å². The van der Waals surface area contributed by atoms with Gasteiger partial charge in [0.05, 0.1) is 6.61 Å². The predicted octanol–water partition coefficient (Wildman–Crippen LogP) is 10.4. The minimum absolute atomic E-state index is 0.125. The average Bonchev–Trinajstić information content (AvgIpc) is 2.95. The maximum absolute atomic E-state index is 12.4. The third-order valence-corrected chi connectivity index (χ3v) is 8.33. The standard InChI is InChI=1S/C36H56O4/c1-3-4-5-6-7-8-9-10-11-12-13-14-15-16-17-18-30-40-35(39)20-19-29-36(2,31-21-25-33(37)26-22-31)32-23-27-34(38)28-24-32/h21-28,37-38H,3-20,29-30H2,1-2H3. The fourth-order valence-electron chi connectivity index (χ4n) is 5.61. The number of phenols is 2. The van der Waals surface area contributed by atoms with Crippen molar-refractivity contribution in [3.63, 3.8) is 0 Å². The number of unbranched alkanes of at least 4 members (excludes halogenated alkanes) is 15. The molecule has 0 aliphatic rings. The van der Waals surface area contributed by atoms with Crippen molar-refractivity contribution < 1.29 is 19.7 Å². The van der Waals surface area contributed by atoms with Gasteiger partial charge in [-0.3, -0.25) is 4.79 Å². The zero-order valence-electron chi connectivity index (χ0n) is 25.5. The van der Waals surface area contributed by atoms with Crippen LogP contribution in [0.3, 0.4) is 0 Å². The fourth-order valence-corrected chi connectivity index (χ4v) is 5.61. The molecular formula is C36H56O4. The first-order valence-corrected chi connectivity index (χ1v) is 16.2. The van der Waals surface area contributed by atoms with E-state index in [4.69, 9.17) is 4.74 Å². The van der Waals surface area contributed by atoms with Gasteiger partial charge in [0.1, 0.15) is 11.5 Å². The fraction of sp³-hybridized carbons (Fsp3) is 0.639. The normalized spacial score (nSPS) is 11.6. The second-order valence-electron chi connectivity index (χ2n) is 11.8. The summed E-state index contributed by atoms with van der Waals surface area (Å²) in [6, 6.07) is 14.5. The molecule has 2 aromatic rings. The quantitative estimate of drug-likeness (QED) is 0.106. The summed E-state index contributed by atoms with van der Waals surface area (Å²) in [4.78, 5) is 12.4. The summed E-state index contributed by atoms with van der Waals surface area (Å²) in [5.41, 5.74) is 1.80. The minimum atomic E-state index is -0.338. The van der Waals surface area contributed by atoms with Crippen LogP contribution < -0.4 is 0 Å². The Kier molecular flexibility index (Phi) is 17.2. The van der Waals surface area contributed by atoms with E-state index in [1.165, 1.54) is 89.9 Å². The van der Waals surface area contributed by atoms with E-state index in [1.54, 1.807) is 24.3 Å². The lowest BCUT2D eigenvalue weighted by molar-refractivity contribution is -0.143. The molecular weight excluding hydrogens is 496 g/mol. The van der Waals surface area contributed by atoms with Crippen molar-refractivity contribution in [3.8, 4) is 11.5 Å². The average molecular weight is 553 g/mol. The zero-order valence-corrected chi connectivity index (χ0v) is 25.5. The molecule has 2 N–H and O–H groups in total. The molecule has 0 fully saturated rings. The van der Waals surface area contributed by atoms with Crippen molar-refractivity contribution in [2.75, 3.05) is 6.61 Å². The molecule has 2 aromatic carbocycles. The summed E-state index contributed by atoms with van der Waals surface area (Å²) < 4.78 is 5.51. The summed E-state index contributed by atoms with van der Waals surface area (Å²) in [6.07, 6.45) is 23.2. The highest BCUT2D eigenvalue weighted by molar-refractivity contribution is 5.69. The molecule has 0 aromatic heterocycles. The maximum atomic E-state index is 12.4. The number of esters is 1. The van der Waals surface area contributed by atoms with Crippen LogP contribution in [0.25, 0.3) is 0 Å². The molecule has 0 saturated heterocycles. The highest BCUT2D eigenvalue weighted by Gasteiger charge is 2.29. The number of carbonyl (C=O) groups is 1. The number of benzene rings is 2. The van der Waals surface area contributed by atoms with Crippen LogP contribution >= 0.6 is 0 Å². The number of ether oxygens (including phenoxy) is 1. The molecule has 2 rings (SSSR count). The van der Waals surface area contributed by atoms with Crippen LogP contribution in [0, 0.1) is 0 Å². The first-order valence-electron chi connectivity index (χ1n) is 16.2. The summed E-state index contributed by atoms with van der Waals surface area (Å²) >= 11 is 0. The van der Waals surface area contributed by atoms with Gasteiger partial charge in [-0.25, -0.2) is 0 Å². The number of carbonyl (C=O) groups excluding carboxylic acids is 1. The van der Waals surface area contributed by atoms with Gasteiger partial charge in [-0.05, 0) is 54.7 Å². The Bertz CT molecular complexity index is 858. The van der Waals surface area contributed by atoms with Crippen LogP contribution in [-0.4, -0.2) is 22.8 Å². The van der Waals surface area contributed by atoms with Crippen LogP contribution in [-0.2, 0) is 14.9 Å². The molecule has 0 amide bonds. The van der Waals surface area contributed by atoms with Crippen LogP contribution in [0.15, 0.2) is 48.5 Å². The van der Waals surface area contributed by atoms with Crippen LogP contribution in [0.1, 0.15) is 147 Å². The maximum Gasteiger partial charge on any atom is 0.305 e. The largest absolute Gasteiger partial charge is 0.508 e. The Hall–Kier alpha value is -2.49. The molecule has 4 heteroatoms. The van der Waals surface area contributed by atoms with Gasteiger partial charge < -0.3 is 14.9 Å². The van der Waals surface area contributed by atoms with Crippen molar-refractivity contribution in [2.45, 2.75) is 141 Å². The number of phenolic OH excluding ortho intramolecular Hbond substituents is 2. The van der Waals surface area contributed by atoms with Crippen LogP contribution in [0.4, 0.5) is 0 Å². The summed E-state index contributed by atoms with van der Waals surface area (Å²) in [5, 5.41) is 19.5. The molecule has 4 nitrogen and oxygen atoms in total. The van der Waals surface area contributed by atoms with Gasteiger partial charge in [0.15, 0.2) is 0 Å². The summed E-state index contributed by atoms with van der Waals surface area (Å²) in [6.45, 7) is 4.94. The van der Waals surface area contributed by atoms with Gasteiger partial charge in [0, 0.05) is 11.8 Å². The predicted molar refractivity (Wildman–Crippen MR) is 167 cm³/mol. The lowest BCUT2D eigenvalue weighted by Crippen LogP contribution is -2.24. The van der Waals surface area contributed by atoms with E-state index in [1.807, 2.05) is 24.3 Å². The van der Waals surface area contributed by atoms with E-state index in [0.29, 0.717) is 19.4 Å². The molecule has 0 aliphatic carbocycles. The van der Waals surface area contributed by atoms with E-state index in [9.17, 15) is 15.0 Å². The smallest absolute Gasteiger partial charge is 0.305 e. The van der Waals surface area contributed by atoms with Crippen molar-refractivity contribution >= 4 is 5.97 Å². The third-order valence-electron chi connectivity index (χ3n) is 8.33. The molecule has 0 aliphatic heterocycles. The first-order chi connectivity index (χ1) is 19.5. The summed E-state index contributed by atoms with van der Waals surface area (Å²) in [7, 11) is 0. The Morgan fingerprint density at radius 3 is 1.38 bits per heavy atom. The highest BCUT2D eigenvalue weighted by atomic mass is 16.5. The van der Waals surface area contributed by atoms with E-state index in [2.05, 4.69) is 13.8 Å². The first kappa shape index (κ1) is 33.7.